The summed E-state index contributed by atoms with van der Waals surface area (Å²) >= 11 is 0. The lowest BCUT2D eigenvalue weighted by Crippen LogP contribution is -2.60. The Hall–Kier alpha value is -1.06. The third kappa shape index (κ3) is 3.15. The summed E-state index contributed by atoms with van der Waals surface area (Å²) in [6.07, 6.45) is 6.82. The number of rotatable bonds is 4. The lowest BCUT2D eigenvalue weighted by Gasteiger charge is -2.58. The van der Waals surface area contributed by atoms with Crippen molar-refractivity contribution in [2.24, 2.45) is 23.7 Å². The first-order valence-electron chi connectivity index (χ1n) is 10.8. The topological polar surface area (TPSA) is 58.4 Å². The summed E-state index contributed by atoms with van der Waals surface area (Å²) in [5, 5.41) is 3.76. The van der Waals surface area contributed by atoms with Gasteiger partial charge in [-0.25, -0.2) is 13.1 Å². The van der Waals surface area contributed by atoms with Crippen LogP contribution in [-0.4, -0.2) is 59.6 Å². The van der Waals surface area contributed by atoms with Crippen LogP contribution in [0.4, 0.5) is 8.78 Å². The van der Waals surface area contributed by atoms with Crippen molar-refractivity contribution in [1.82, 2.24) is 19.0 Å². The van der Waals surface area contributed by atoms with E-state index in [1.807, 2.05) is 0 Å². The number of nitrogens with zero attached hydrogens (tertiary/aromatic N) is 4. The molecule has 1 aromatic heterocycles. The van der Waals surface area contributed by atoms with Gasteiger partial charge in [-0.1, -0.05) is 0 Å². The fourth-order valence-corrected chi connectivity index (χ4v) is 8.86. The molecule has 0 amide bonds. The predicted molar refractivity (Wildman–Crippen MR) is 104 cm³/mol. The van der Waals surface area contributed by atoms with E-state index < -0.39 is 16.6 Å². The van der Waals surface area contributed by atoms with E-state index in [0.717, 1.165) is 36.8 Å². The van der Waals surface area contributed by atoms with E-state index in [0.29, 0.717) is 23.8 Å². The number of piperazine rings is 1. The lowest BCUT2D eigenvalue weighted by molar-refractivity contribution is -0.0720. The van der Waals surface area contributed by atoms with Gasteiger partial charge < -0.3 is 0 Å². The number of halogens is 2. The molecule has 9 heteroatoms. The molecule has 0 radical (unpaired) electrons. The van der Waals surface area contributed by atoms with Crippen molar-refractivity contribution >= 4 is 10.0 Å². The second-order valence-corrected chi connectivity index (χ2v) is 11.5. The molecule has 1 aliphatic heterocycles. The van der Waals surface area contributed by atoms with Crippen LogP contribution in [0.15, 0.2) is 4.90 Å². The van der Waals surface area contributed by atoms with E-state index >= 15 is 0 Å². The SMILES string of the molecule is Cc1nn(C(F)F)c(C)c1S(=O)(=O)N1CCN(C2C3CC4CC(C3)CC2C4)CC1. The zero-order chi connectivity index (χ0) is 20.5. The highest BCUT2D eigenvalue weighted by atomic mass is 32.2. The van der Waals surface area contributed by atoms with Gasteiger partial charge in [0.15, 0.2) is 0 Å². The maximum Gasteiger partial charge on any atom is 0.333 e. The van der Waals surface area contributed by atoms with Crippen molar-refractivity contribution in [2.45, 2.75) is 63.4 Å². The molecule has 29 heavy (non-hydrogen) atoms. The standard InChI is InChI=1S/C20H30F2N4O2S/c1-12-19(13(2)26(23-12)20(21)22)29(27,28)25-5-3-24(4-6-25)18-16-8-14-7-15(10-16)11-17(18)9-14/h14-18,20H,3-11H2,1-2H3. The van der Waals surface area contributed by atoms with Crippen LogP contribution in [-0.2, 0) is 10.0 Å². The van der Waals surface area contributed by atoms with Crippen molar-refractivity contribution in [3.8, 4) is 0 Å². The molecule has 5 aliphatic rings. The van der Waals surface area contributed by atoms with Gasteiger partial charge in [-0.15, -0.1) is 0 Å². The van der Waals surface area contributed by atoms with E-state index in [2.05, 4.69) is 10.00 Å². The van der Waals surface area contributed by atoms with Crippen LogP contribution < -0.4 is 0 Å². The third-order valence-electron chi connectivity index (χ3n) is 7.91. The van der Waals surface area contributed by atoms with Crippen molar-refractivity contribution < 1.29 is 17.2 Å². The van der Waals surface area contributed by atoms with E-state index in [-0.39, 0.29) is 16.3 Å². The molecule has 4 bridgehead atoms. The lowest BCUT2D eigenvalue weighted by atomic mass is 9.54. The molecule has 1 saturated heterocycles. The minimum absolute atomic E-state index is 0.0148. The summed E-state index contributed by atoms with van der Waals surface area (Å²) in [6.45, 7) is 2.35. The Morgan fingerprint density at radius 3 is 1.97 bits per heavy atom. The average molecular weight is 429 g/mol. The monoisotopic (exact) mass is 428 g/mol. The largest absolute Gasteiger partial charge is 0.333 e. The Labute approximate surface area is 171 Å². The van der Waals surface area contributed by atoms with Gasteiger partial charge >= 0.3 is 6.55 Å². The van der Waals surface area contributed by atoms with E-state index in [4.69, 9.17) is 0 Å². The van der Waals surface area contributed by atoms with Crippen LogP contribution in [0.1, 0.15) is 50.0 Å². The highest BCUT2D eigenvalue weighted by Gasteiger charge is 2.50. The van der Waals surface area contributed by atoms with Gasteiger partial charge in [0, 0.05) is 32.2 Å². The molecule has 0 atom stereocenters. The number of aromatic nitrogens is 2. The summed E-state index contributed by atoms with van der Waals surface area (Å²) < 4.78 is 54.6. The number of alkyl halides is 2. The van der Waals surface area contributed by atoms with Crippen LogP contribution in [0.5, 0.6) is 0 Å². The van der Waals surface area contributed by atoms with Gasteiger partial charge in [-0.05, 0) is 69.6 Å². The Morgan fingerprint density at radius 2 is 1.48 bits per heavy atom. The first-order chi connectivity index (χ1) is 13.8. The molecule has 0 N–H and O–H groups in total. The van der Waals surface area contributed by atoms with Crippen molar-refractivity contribution in [1.29, 1.82) is 0 Å². The second-order valence-electron chi connectivity index (χ2n) is 9.58. The van der Waals surface area contributed by atoms with Gasteiger partial charge in [-0.3, -0.25) is 4.90 Å². The maximum absolute atomic E-state index is 13.2. The van der Waals surface area contributed by atoms with Gasteiger partial charge in [0.05, 0.1) is 11.4 Å². The molecule has 4 saturated carbocycles. The van der Waals surface area contributed by atoms with Crippen LogP contribution in [0.25, 0.3) is 0 Å². The summed E-state index contributed by atoms with van der Waals surface area (Å²) in [5.74, 6) is 3.41. The molecule has 4 aliphatic carbocycles. The zero-order valence-electron chi connectivity index (χ0n) is 17.1. The Balaban J connectivity index is 1.31. The molecular formula is C20H30F2N4O2S. The van der Waals surface area contributed by atoms with E-state index in [9.17, 15) is 17.2 Å². The first-order valence-corrected chi connectivity index (χ1v) is 12.3. The maximum atomic E-state index is 13.2. The van der Waals surface area contributed by atoms with Crippen molar-refractivity contribution in [3.05, 3.63) is 11.4 Å². The summed E-state index contributed by atoms with van der Waals surface area (Å²) in [5.41, 5.74) is 0.159. The second kappa shape index (κ2) is 6.99. The minimum Gasteiger partial charge on any atom is -0.297 e. The first kappa shape index (κ1) is 19.9. The molecule has 0 spiro atoms. The predicted octanol–water partition coefficient (Wildman–Crippen LogP) is 3.03. The Bertz CT molecular complexity index is 865. The van der Waals surface area contributed by atoms with Crippen LogP contribution in [0.2, 0.25) is 0 Å². The molecule has 5 fully saturated rings. The fourth-order valence-electron chi connectivity index (χ4n) is 7.08. The number of sulfonamides is 1. The fraction of sp³-hybridized carbons (Fsp3) is 0.850. The van der Waals surface area contributed by atoms with Crippen LogP contribution in [0, 0.1) is 37.5 Å². The van der Waals surface area contributed by atoms with Crippen molar-refractivity contribution in [3.63, 3.8) is 0 Å². The molecule has 6 nitrogen and oxygen atoms in total. The normalized spacial score (nSPS) is 35.7. The van der Waals surface area contributed by atoms with Gasteiger partial charge in [-0.2, -0.15) is 18.2 Å². The quantitative estimate of drug-likeness (QED) is 0.740. The van der Waals surface area contributed by atoms with Gasteiger partial charge in [0.2, 0.25) is 10.0 Å². The molecule has 6 rings (SSSR count). The number of aryl methyl sites for hydroxylation is 1. The number of hydrogen-bond donors (Lipinski definition) is 0. The van der Waals surface area contributed by atoms with Gasteiger partial charge in [0.25, 0.3) is 0 Å². The smallest absolute Gasteiger partial charge is 0.297 e. The average Bonchev–Trinajstić information content (AvgIpc) is 2.96. The van der Waals surface area contributed by atoms with Crippen molar-refractivity contribution in [2.75, 3.05) is 26.2 Å². The molecule has 2 heterocycles. The third-order valence-corrected chi connectivity index (χ3v) is 10.1. The molecule has 0 unspecified atom stereocenters. The molecule has 0 aromatic carbocycles. The molecule has 1 aromatic rings. The highest BCUT2D eigenvalue weighted by Crippen LogP contribution is 2.55. The Kier molecular flexibility index (Phi) is 4.79. The number of hydrogen-bond acceptors (Lipinski definition) is 4. The summed E-state index contributed by atoms with van der Waals surface area (Å²) in [6, 6.07) is 0.609. The summed E-state index contributed by atoms with van der Waals surface area (Å²) in [7, 11) is -3.82. The van der Waals surface area contributed by atoms with E-state index in [1.54, 1.807) is 0 Å². The minimum atomic E-state index is -3.82. The van der Waals surface area contributed by atoms with Crippen LogP contribution in [0.3, 0.4) is 0 Å². The van der Waals surface area contributed by atoms with Gasteiger partial charge in [0.1, 0.15) is 4.90 Å². The van der Waals surface area contributed by atoms with E-state index in [1.165, 1.54) is 50.3 Å². The molecular weight excluding hydrogens is 398 g/mol. The zero-order valence-corrected chi connectivity index (χ0v) is 17.9. The Morgan fingerprint density at radius 1 is 0.931 bits per heavy atom. The highest BCUT2D eigenvalue weighted by molar-refractivity contribution is 7.89. The summed E-state index contributed by atoms with van der Waals surface area (Å²) in [4.78, 5) is 2.47. The molecule has 162 valence electrons. The van der Waals surface area contributed by atoms with Crippen LogP contribution >= 0.6 is 0 Å².